The molecular formula is C12H23N. The van der Waals surface area contributed by atoms with Crippen LogP contribution in [0.5, 0.6) is 0 Å². The molecule has 1 unspecified atom stereocenters. The topological polar surface area (TPSA) is 12.0 Å². The van der Waals surface area contributed by atoms with Gasteiger partial charge in [0.1, 0.15) is 0 Å². The largest absolute Gasteiger partial charge is 0.384 e. The summed E-state index contributed by atoms with van der Waals surface area (Å²) in [4.78, 5) is 0. The highest BCUT2D eigenvalue weighted by atomic mass is 14.9. The summed E-state index contributed by atoms with van der Waals surface area (Å²) >= 11 is 0. The molecule has 0 aromatic rings. The number of rotatable bonds is 5. The molecule has 1 atom stereocenters. The molecule has 0 aliphatic rings. The van der Waals surface area contributed by atoms with Crippen LogP contribution in [0.3, 0.4) is 0 Å². The average molecular weight is 181 g/mol. The lowest BCUT2D eigenvalue weighted by molar-refractivity contribution is 0.493. The van der Waals surface area contributed by atoms with Crippen molar-refractivity contribution in [3.63, 3.8) is 0 Å². The number of hydrogen-bond donors (Lipinski definition) is 1. The van der Waals surface area contributed by atoms with Gasteiger partial charge in [-0.1, -0.05) is 38.5 Å². The molecule has 0 heterocycles. The fourth-order valence-corrected chi connectivity index (χ4v) is 1.24. The maximum Gasteiger partial charge on any atom is 0.0485 e. The van der Waals surface area contributed by atoms with Gasteiger partial charge in [-0.15, -0.1) is 0 Å². The van der Waals surface area contributed by atoms with E-state index in [0.717, 1.165) is 6.42 Å². The van der Waals surface area contributed by atoms with Crippen molar-refractivity contribution in [2.45, 2.75) is 47.1 Å². The molecule has 0 saturated carbocycles. The van der Waals surface area contributed by atoms with Gasteiger partial charge in [0.05, 0.1) is 0 Å². The van der Waals surface area contributed by atoms with E-state index < -0.39 is 0 Å². The Balaban J connectivity index is 4.20. The van der Waals surface area contributed by atoms with Gasteiger partial charge in [-0.05, 0) is 32.4 Å². The summed E-state index contributed by atoms with van der Waals surface area (Å²) in [7, 11) is 0. The van der Waals surface area contributed by atoms with Crippen molar-refractivity contribution in [3.8, 4) is 0 Å². The summed E-state index contributed by atoms with van der Waals surface area (Å²) in [6, 6.07) is 0.404. The molecule has 0 saturated heterocycles. The van der Waals surface area contributed by atoms with Crippen molar-refractivity contribution in [1.82, 2.24) is 5.32 Å². The van der Waals surface area contributed by atoms with Gasteiger partial charge in [0.25, 0.3) is 0 Å². The second-order valence-corrected chi connectivity index (χ2v) is 4.08. The van der Waals surface area contributed by atoms with Gasteiger partial charge in [-0.2, -0.15) is 0 Å². The third-order valence-corrected chi connectivity index (χ3v) is 2.26. The van der Waals surface area contributed by atoms with E-state index in [1.165, 1.54) is 11.1 Å². The highest BCUT2D eigenvalue weighted by molar-refractivity contribution is 5.07. The molecule has 1 N–H and O–H groups in total. The van der Waals surface area contributed by atoms with E-state index in [2.05, 4.69) is 52.7 Å². The van der Waals surface area contributed by atoms with Crippen LogP contribution in [0.2, 0.25) is 0 Å². The first kappa shape index (κ1) is 12.3. The molecule has 0 amide bonds. The van der Waals surface area contributed by atoms with Crippen molar-refractivity contribution in [2.75, 3.05) is 0 Å². The second-order valence-electron chi connectivity index (χ2n) is 4.08. The highest BCUT2D eigenvalue weighted by Crippen LogP contribution is 2.10. The minimum absolute atomic E-state index is 0.404. The molecule has 13 heavy (non-hydrogen) atoms. The molecule has 0 aromatic carbocycles. The number of hydrogen-bond acceptors (Lipinski definition) is 1. The van der Waals surface area contributed by atoms with Gasteiger partial charge in [0.15, 0.2) is 0 Å². The summed E-state index contributed by atoms with van der Waals surface area (Å²) in [6.45, 7) is 14.8. The van der Waals surface area contributed by atoms with Crippen molar-refractivity contribution >= 4 is 0 Å². The summed E-state index contributed by atoms with van der Waals surface area (Å²) in [5.74, 6) is 0.596. The van der Waals surface area contributed by atoms with Crippen LogP contribution < -0.4 is 5.32 Å². The van der Waals surface area contributed by atoms with Crippen LogP contribution in [0.25, 0.3) is 0 Å². The Kier molecular flexibility index (Phi) is 5.52. The average Bonchev–Trinajstić information content (AvgIpc) is 2.03. The highest BCUT2D eigenvalue weighted by Gasteiger charge is 2.11. The van der Waals surface area contributed by atoms with Crippen molar-refractivity contribution in [1.29, 1.82) is 0 Å². The number of nitrogens with one attached hydrogen (secondary N) is 1. The van der Waals surface area contributed by atoms with Gasteiger partial charge >= 0.3 is 0 Å². The molecule has 0 bridgehead atoms. The Bertz CT molecular complexity index is 189. The monoisotopic (exact) mass is 181 g/mol. The van der Waals surface area contributed by atoms with E-state index in [1.54, 1.807) is 0 Å². The van der Waals surface area contributed by atoms with Crippen LogP contribution in [0.1, 0.15) is 41.0 Å². The van der Waals surface area contributed by atoms with Gasteiger partial charge in [0.2, 0.25) is 0 Å². The molecular weight excluding hydrogens is 158 g/mol. The van der Waals surface area contributed by atoms with Crippen LogP contribution in [-0.4, -0.2) is 6.04 Å². The molecule has 1 nitrogen and oxygen atoms in total. The zero-order valence-electron chi connectivity index (χ0n) is 9.65. The maximum atomic E-state index is 3.99. The summed E-state index contributed by atoms with van der Waals surface area (Å²) in [5, 5.41) is 3.41. The predicted molar refractivity (Wildman–Crippen MR) is 60.6 cm³/mol. The lowest BCUT2D eigenvalue weighted by Crippen LogP contribution is -2.30. The smallest absolute Gasteiger partial charge is 0.0485 e. The molecule has 1 heteroatoms. The SMILES string of the molecule is C=C(C)C(N/C=C(/C)CC)C(C)C. The molecule has 0 spiro atoms. The van der Waals surface area contributed by atoms with Crippen LogP contribution in [0.4, 0.5) is 0 Å². The van der Waals surface area contributed by atoms with Crippen molar-refractivity contribution < 1.29 is 0 Å². The Morgan fingerprint density at radius 1 is 1.38 bits per heavy atom. The van der Waals surface area contributed by atoms with E-state index in [4.69, 9.17) is 0 Å². The lowest BCUT2D eigenvalue weighted by atomic mass is 9.98. The molecule has 0 fully saturated rings. The van der Waals surface area contributed by atoms with Crippen LogP contribution in [0, 0.1) is 5.92 Å². The zero-order chi connectivity index (χ0) is 10.4. The summed E-state index contributed by atoms with van der Waals surface area (Å²) < 4.78 is 0. The van der Waals surface area contributed by atoms with E-state index in [0.29, 0.717) is 12.0 Å². The van der Waals surface area contributed by atoms with E-state index in [9.17, 15) is 0 Å². The van der Waals surface area contributed by atoms with E-state index in [1.807, 2.05) is 0 Å². The molecule has 0 aliphatic carbocycles. The standard InChI is InChI=1S/C12H23N/c1-7-11(6)8-13-12(9(2)3)10(4)5/h8,10,12-13H,2,7H2,1,3-6H3/b11-8-. The first-order valence-electron chi connectivity index (χ1n) is 5.06. The van der Waals surface area contributed by atoms with E-state index >= 15 is 0 Å². The predicted octanol–water partition coefficient (Wildman–Crippen LogP) is 3.49. The first-order chi connectivity index (χ1) is 5.99. The van der Waals surface area contributed by atoms with Gasteiger partial charge < -0.3 is 5.32 Å². The fraction of sp³-hybridized carbons (Fsp3) is 0.667. The lowest BCUT2D eigenvalue weighted by Gasteiger charge is -2.21. The Morgan fingerprint density at radius 2 is 1.92 bits per heavy atom. The van der Waals surface area contributed by atoms with Crippen LogP contribution in [0.15, 0.2) is 23.9 Å². The second kappa shape index (κ2) is 5.85. The van der Waals surface area contributed by atoms with Gasteiger partial charge in [-0.3, -0.25) is 0 Å². The number of allylic oxidation sites excluding steroid dienone is 1. The minimum atomic E-state index is 0.404. The van der Waals surface area contributed by atoms with Crippen molar-refractivity contribution in [2.24, 2.45) is 5.92 Å². The molecule has 76 valence electrons. The zero-order valence-corrected chi connectivity index (χ0v) is 9.65. The minimum Gasteiger partial charge on any atom is -0.384 e. The molecule has 0 aliphatic heterocycles. The normalized spacial score (nSPS) is 14.5. The summed E-state index contributed by atoms with van der Waals surface area (Å²) in [5.41, 5.74) is 2.59. The van der Waals surface area contributed by atoms with E-state index in [-0.39, 0.29) is 0 Å². The third-order valence-electron chi connectivity index (χ3n) is 2.26. The fourth-order valence-electron chi connectivity index (χ4n) is 1.24. The van der Waals surface area contributed by atoms with Gasteiger partial charge in [0, 0.05) is 6.04 Å². The quantitative estimate of drug-likeness (QED) is 0.640. The summed E-state index contributed by atoms with van der Waals surface area (Å²) in [6.07, 6.45) is 3.22. The van der Waals surface area contributed by atoms with Crippen LogP contribution in [-0.2, 0) is 0 Å². The molecule has 0 radical (unpaired) electrons. The Hall–Kier alpha value is -0.720. The van der Waals surface area contributed by atoms with Gasteiger partial charge in [-0.25, -0.2) is 0 Å². The molecule has 0 rings (SSSR count). The third kappa shape index (κ3) is 4.76. The Morgan fingerprint density at radius 3 is 2.23 bits per heavy atom. The molecule has 0 aromatic heterocycles. The van der Waals surface area contributed by atoms with Crippen LogP contribution >= 0.6 is 0 Å². The van der Waals surface area contributed by atoms with Crippen molar-refractivity contribution in [3.05, 3.63) is 23.9 Å². The first-order valence-corrected chi connectivity index (χ1v) is 5.06. The Labute approximate surface area is 82.9 Å². The maximum absolute atomic E-state index is 3.99.